The maximum Gasteiger partial charge on any atom is 0.138 e. The molecule has 0 saturated carbocycles. The number of aromatic amines is 1. The fourth-order valence-corrected chi connectivity index (χ4v) is 3.30. The fourth-order valence-electron chi connectivity index (χ4n) is 3.30. The number of aliphatic imine (C=N–C) groups is 2. The van der Waals surface area contributed by atoms with E-state index in [1.165, 1.54) is 0 Å². The zero-order chi connectivity index (χ0) is 20.9. The van der Waals surface area contributed by atoms with Crippen LogP contribution >= 0.6 is 0 Å². The summed E-state index contributed by atoms with van der Waals surface area (Å²) in [6.45, 7) is 0. The van der Waals surface area contributed by atoms with Crippen molar-refractivity contribution in [1.29, 1.82) is 0 Å². The van der Waals surface area contributed by atoms with Crippen LogP contribution in [0.4, 0.5) is 11.4 Å². The van der Waals surface area contributed by atoms with Crippen molar-refractivity contribution in [2.24, 2.45) is 9.98 Å². The first-order chi connectivity index (χ1) is 15.3. The summed E-state index contributed by atoms with van der Waals surface area (Å²) in [5.74, 6) is 0.831. The van der Waals surface area contributed by atoms with Gasteiger partial charge in [0.1, 0.15) is 5.82 Å². The average molecular weight is 400 g/mol. The Morgan fingerprint density at radius 1 is 0.613 bits per heavy atom. The van der Waals surface area contributed by atoms with Crippen LogP contribution in [0.15, 0.2) is 113 Å². The molecule has 0 aliphatic heterocycles. The molecule has 1 heterocycles. The van der Waals surface area contributed by atoms with Crippen molar-refractivity contribution in [3.63, 3.8) is 0 Å². The van der Waals surface area contributed by atoms with Crippen LogP contribution in [0.3, 0.4) is 0 Å². The Bertz CT molecular complexity index is 1350. The predicted molar refractivity (Wildman–Crippen MR) is 129 cm³/mol. The quantitative estimate of drug-likeness (QED) is 0.327. The number of nitrogens with zero attached hydrogens (tertiary/aromatic N) is 3. The summed E-state index contributed by atoms with van der Waals surface area (Å²) >= 11 is 0. The lowest BCUT2D eigenvalue weighted by Gasteiger charge is -1.98. The van der Waals surface area contributed by atoms with Gasteiger partial charge in [-0.3, -0.25) is 9.98 Å². The number of imidazole rings is 1. The molecule has 0 spiro atoms. The highest BCUT2D eigenvalue weighted by atomic mass is 14.9. The zero-order valence-electron chi connectivity index (χ0n) is 16.8. The van der Waals surface area contributed by atoms with E-state index in [-0.39, 0.29) is 0 Å². The van der Waals surface area contributed by atoms with Gasteiger partial charge in [-0.1, -0.05) is 60.7 Å². The number of hydrogen-bond donors (Lipinski definition) is 1. The van der Waals surface area contributed by atoms with E-state index in [9.17, 15) is 0 Å². The average Bonchev–Trinajstić information content (AvgIpc) is 3.26. The van der Waals surface area contributed by atoms with Crippen LogP contribution in [-0.2, 0) is 0 Å². The van der Waals surface area contributed by atoms with Crippen molar-refractivity contribution in [2.75, 3.05) is 0 Å². The van der Waals surface area contributed by atoms with E-state index in [0.717, 1.165) is 44.9 Å². The van der Waals surface area contributed by atoms with Gasteiger partial charge >= 0.3 is 0 Å². The molecule has 31 heavy (non-hydrogen) atoms. The van der Waals surface area contributed by atoms with Gasteiger partial charge in [0.15, 0.2) is 0 Å². The highest BCUT2D eigenvalue weighted by Crippen LogP contribution is 2.25. The van der Waals surface area contributed by atoms with Crippen molar-refractivity contribution < 1.29 is 0 Å². The molecule has 1 N–H and O–H groups in total. The first-order valence-corrected chi connectivity index (χ1v) is 10.1. The Labute approximate surface area is 180 Å². The van der Waals surface area contributed by atoms with E-state index >= 15 is 0 Å². The maximum absolute atomic E-state index is 4.72. The maximum atomic E-state index is 4.72. The Kier molecular flexibility index (Phi) is 5.18. The van der Waals surface area contributed by atoms with Gasteiger partial charge in [0.05, 0.1) is 22.4 Å². The van der Waals surface area contributed by atoms with Gasteiger partial charge in [-0.15, -0.1) is 0 Å². The fraction of sp³-hybridized carbons (Fsp3) is 0. The number of rotatable bonds is 5. The molecule has 4 nitrogen and oxygen atoms in total. The second kappa shape index (κ2) is 8.59. The molecule has 0 saturated heterocycles. The SMILES string of the molecule is C(=Nc1ccc(-c2nc3ccc(N=Cc4ccccc4)cc3[nH]2)cc1)c1ccccc1. The Hall–Kier alpha value is -4.31. The molecule has 148 valence electrons. The van der Waals surface area contributed by atoms with Crippen LogP contribution in [0.25, 0.3) is 22.4 Å². The van der Waals surface area contributed by atoms with E-state index in [1.54, 1.807) is 0 Å². The van der Waals surface area contributed by atoms with Crippen molar-refractivity contribution in [2.45, 2.75) is 0 Å². The van der Waals surface area contributed by atoms with Crippen molar-refractivity contribution in [1.82, 2.24) is 9.97 Å². The smallest absolute Gasteiger partial charge is 0.138 e. The lowest BCUT2D eigenvalue weighted by molar-refractivity contribution is 1.33. The molecule has 4 aromatic carbocycles. The molecule has 1 aromatic heterocycles. The van der Waals surface area contributed by atoms with Crippen LogP contribution in [0.2, 0.25) is 0 Å². The molecule has 0 aliphatic rings. The molecule has 0 radical (unpaired) electrons. The third-order valence-corrected chi connectivity index (χ3v) is 4.93. The van der Waals surface area contributed by atoms with Gasteiger partial charge < -0.3 is 4.98 Å². The van der Waals surface area contributed by atoms with Crippen LogP contribution in [0.5, 0.6) is 0 Å². The third-order valence-electron chi connectivity index (χ3n) is 4.93. The van der Waals surface area contributed by atoms with Crippen molar-refractivity contribution >= 4 is 34.8 Å². The topological polar surface area (TPSA) is 53.4 Å². The van der Waals surface area contributed by atoms with Gasteiger partial charge in [-0.05, 0) is 53.6 Å². The van der Waals surface area contributed by atoms with Crippen molar-refractivity contribution in [3.8, 4) is 11.4 Å². The van der Waals surface area contributed by atoms with Crippen LogP contribution in [-0.4, -0.2) is 22.4 Å². The summed E-state index contributed by atoms with van der Waals surface area (Å²) < 4.78 is 0. The van der Waals surface area contributed by atoms with Gasteiger partial charge in [0, 0.05) is 18.0 Å². The summed E-state index contributed by atoms with van der Waals surface area (Å²) in [4.78, 5) is 17.2. The van der Waals surface area contributed by atoms with Gasteiger partial charge in [0.2, 0.25) is 0 Å². The summed E-state index contributed by atoms with van der Waals surface area (Å²) in [5, 5.41) is 0. The number of aromatic nitrogens is 2. The Morgan fingerprint density at radius 2 is 1.19 bits per heavy atom. The molecule has 0 fully saturated rings. The van der Waals surface area contributed by atoms with E-state index in [0.29, 0.717) is 0 Å². The molecule has 0 unspecified atom stereocenters. The normalized spacial score (nSPS) is 11.6. The monoisotopic (exact) mass is 400 g/mol. The second-order valence-electron chi connectivity index (χ2n) is 7.17. The van der Waals surface area contributed by atoms with E-state index < -0.39 is 0 Å². The van der Waals surface area contributed by atoms with E-state index in [2.05, 4.69) is 15.0 Å². The molecule has 0 atom stereocenters. The molecule has 4 heteroatoms. The number of fused-ring (bicyclic) bond motifs is 1. The first kappa shape index (κ1) is 18.7. The summed E-state index contributed by atoms with van der Waals surface area (Å²) in [7, 11) is 0. The Morgan fingerprint density at radius 3 is 1.84 bits per heavy atom. The van der Waals surface area contributed by atoms with Gasteiger partial charge in [-0.25, -0.2) is 4.98 Å². The molecule has 5 aromatic rings. The molecular weight excluding hydrogens is 380 g/mol. The van der Waals surface area contributed by atoms with Crippen LogP contribution in [0, 0.1) is 0 Å². The second-order valence-corrected chi connectivity index (χ2v) is 7.17. The summed E-state index contributed by atoms with van der Waals surface area (Å²) in [6, 6.07) is 34.2. The third kappa shape index (κ3) is 4.49. The van der Waals surface area contributed by atoms with Gasteiger partial charge in [-0.2, -0.15) is 0 Å². The zero-order valence-corrected chi connectivity index (χ0v) is 16.8. The number of hydrogen-bond acceptors (Lipinski definition) is 3. The van der Waals surface area contributed by atoms with E-state index in [1.807, 2.05) is 116 Å². The summed E-state index contributed by atoms with van der Waals surface area (Å²) in [6.07, 6.45) is 3.74. The van der Waals surface area contributed by atoms with Crippen LogP contribution in [0.1, 0.15) is 11.1 Å². The highest BCUT2D eigenvalue weighted by molar-refractivity contribution is 5.86. The molecule has 0 aliphatic carbocycles. The molecule has 5 rings (SSSR count). The summed E-state index contributed by atoms with van der Waals surface area (Å²) in [5.41, 5.74) is 6.84. The van der Waals surface area contributed by atoms with Crippen molar-refractivity contribution in [3.05, 3.63) is 114 Å². The lowest BCUT2D eigenvalue weighted by atomic mass is 10.2. The largest absolute Gasteiger partial charge is 0.338 e. The highest BCUT2D eigenvalue weighted by Gasteiger charge is 2.06. The molecule has 0 bridgehead atoms. The Balaban J connectivity index is 1.35. The molecular formula is C27H20N4. The number of H-pyrrole nitrogens is 1. The molecule has 0 amide bonds. The first-order valence-electron chi connectivity index (χ1n) is 10.1. The number of nitrogens with one attached hydrogen (secondary N) is 1. The standard InChI is InChI=1S/C27H20N4/c1-3-7-20(8-4-1)18-28-23-13-11-22(12-14-23)27-30-25-16-15-24(17-26(25)31-27)29-19-21-9-5-2-6-10-21/h1-19H,(H,30,31). The lowest BCUT2D eigenvalue weighted by Crippen LogP contribution is -1.80. The minimum atomic E-state index is 0.831. The minimum absolute atomic E-state index is 0.831. The minimum Gasteiger partial charge on any atom is -0.338 e. The van der Waals surface area contributed by atoms with Gasteiger partial charge in [0.25, 0.3) is 0 Å². The van der Waals surface area contributed by atoms with Crippen LogP contribution < -0.4 is 0 Å². The van der Waals surface area contributed by atoms with E-state index in [4.69, 9.17) is 4.98 Å². The predicted octanol–water partition coefficient (Wildman–Crippen LogP) is 6.73. The number of benzene rings is 4.